The maximum Gasteiger partial charge on any atom is 0.0814 e. The first-order chi connectivity index (χ1) is 5.24. The molecule has 4 heteroatoms. The molecule has 0 spiro atoms. The minimum atomic E-state index is 0.750. The predicted molar refractivity (Wildman–Crippen MR) is 50.4 cm³/mol. The van der Waals surface area contributed by atoms with Gasteiger partial charge in [-0.3, -0.25) is 4.68 Å². The minimum Gasteiger partial charge on any atom is -0.271 e. The SMILES string of the molecule is Cc1nn(CCCBr)cc1Cl. The number of alkyl halides is 1. The van der Waals surface area contributed by atoms with E-state index in [0.29, 0.717) is 0 Å². The molecule has 0 aliphatic carbocycles. The summed E-state index contributed by atoms with van der Waals surface area (Å²) in [5, 5.41) is 5.96. The number of aromatic nitrogens is 2. The van der Waals surface area contributed by atoms with Gasteiger partial charge in [-0.05, 0) is 13.3 Å². The Labute approximate surface area is 79.7 Å². The molecule has 2 nitrogen and oxygen atoms in total. The lowest BCUT2D eigenvalue weighted by Gasteiger charge is -1.95. The maximum atomic E-state index is 5.81. The molecular formula is C7H10BrClN2. The van der Waals surface area contributed by atoms with Crippen LogP contribution in [0.5, 0.6) is 0 Å². The molecule has 0 saturated heterocycles. The van der Waals surface area contributed by atoms with Crippen molar-refractivity contribution in [2.24, 2.45) is 0 Å². The normalized spacial score (nSPS) is 10.5. The maximum absolute atomic E-state index is 5.81. The van der Waals surface area contributed by atoms with Gasteiger partial charge in [0.15, 0.2) is 0 Å². The van der Waals surface area contributed by atoms with Crippen LogP contribution in [0.3, 0.4) is 0 Å². The Hall–Kier alpha value is -0.0200. The van der Waals surface area contributed by atoms with Gasteiger partial charge in [-0.2, -0.15) is 5.10 Å². The summed E-state index contributed by atoms with van der Waals surface area (Å²) in [5.41, 5.74) is 0.904. The summed E-state index contributed by atoms with van der Waals surface area (Å²) in [6, 6.07) is 0. The zero-order valence-corrected chi connectivity index (χ0v) is 8.69. The van der Waals surface area contributed by atoms with Crippen molar-refractivity contribution in [3.8, 4) is 0 Å². The van der Waals surface area contributed by atoms with Crippen LogP contribution in [0.15, 0.2) is 6.20 Å². The molecule has 0 fully saturated rings. The van der Waals surface area contributed by atoms with Gasteiger partial charge in [-0.15, -0.1) is 0 Å². The van der Waals surface area contributed by atoms with Crippen LogP contribution >= 0.6 is 27.5 Å². The van der Waals surface area contributed by atoms with Crippen LogP contribution < -0.4 is 0 Å². The summed E-state index contributed by atoms with van der Waals surface area (Å²) in [7, 11) is 0. The molecule has 0 bridgehead atoms. The summed E-state index contributed by atoms with van der Waals surface area (Å²) in [6.07, 6.45) is 2.94. The van der Waals surface area contributed by atoms with E-state index in [2.05, 4.69) is 21.0 Å². The van der Waals surface area contributed by atoms with E-state index in [0.717, 1.165) is 29.0 Å². The molecular weight excluding hydrogens is 227 g/mol. The molecule has 62 valence electrons. The summed E-state index contributed by atoms with van der Waals surface area (Å²) in [5.74, 6) is 0. The van der Waals surface area contributed by atoms with Crippen LogP contribution in [0, 0.1) is 6.92 Å². The fourth-order valence-electron chi connectivity index (χ4n) is 0.830. The third kappa shape index (κ3) is 2.49. The molecule has 0 unspecified atom stereocenters. The fourth-order valence-corrected chi connectivity index (χ4v) is 1.23. The van der Waals surface area contributed by atoms with Crippen molar-refractivity contribution in [3.63, 3.8) is 0 Å². The summed E-state index contributed by atoms with van der Waals surface area (Å²) in [4.78, 5) is 0. The highest BCUT2D eigenvalue weighted by Crippen LogP contribution is 2.12. The van der Waals surface area contributed by atoms with E-state index in [4.69, 9.17) is 11.6 Å². The van der Waals surface area contributed by atoms with E-state index in [1.54, 1.807) is 0 Å². The number of nitrogens with zero attached hydrogens (tertiary/aromatic N) is 2. The summed E-state index contributed by atoms with van der Waals surface area (Å²) < 4.78 is 1.87. The van der Waals surface area contributed by atoms with Gasteiger partial charge in [0.05, 0.1) is 10.7 Å². The van der Waals surface area contributed by atoms with Crippen molar-refractivity contribution in [2.75, 3.05) is 5.33 Å². The van der Waals surface area contributed by atoms with E-state index < -0.39 is 0 Å². The summed E-state index contributed by atoms with van der Waals surface area (Å²) in [6.45, 7) is 2.84. The highest BCUT2D eigenvalue weighted by Gasteiger charge is 1.99. The van der Waals surface area contributed by atoms with Gasteiger partial charge in [-0.1, -0.05) is 27.5 Å². The molecule has 11 heavy (non-hydrogen) atoms. The summed E-state index contributed by atoms with van der Waals surface area (Å²) >= 11 is 9.17. The van der Waals surface area contributed by atoms with Crippen molar-refractivity contribution in [3.05, 3.63) is 16.9 Å². The Kier molecular flexibility index (Phi) is 3.40. The van der Waals surface area contributed by atoms with Gasteiger partial charge in [0, 0.05) is 18.1 Å². The number of hydrogen-bond acceptors (Lipinski definition) is 1. The molecule has 1 aromatic rings. The number of rotatable bonds is 3. The Balaban J connectivity index is 2.58. The smallest absolute Gasteiger partial charge is 0.0814 e. The van der Waals surface area contributed by atoms with Gasteiger partial charge in [0.1, 0.15) is 0 Å². The molecule has 0 aliphatic rings. The average Bonchev–Trinajstić information content (AvgIpc) is 2.28. The lowest BCUT2D eigenvalue weighted by atomic mass is 10.5. The van der Waals surface area contributed by atoms with Crippen molar-refractivity contribution in [2.45, 2.75) is 19.9 Å². The number of aryl methyl sites for hydroxylation is 2. The Morgan fingerprint density at radius 3 is 2.91 bits per heavy atom. The van der Waals surface area contributed by atoms with Crippen molar-refractivity contribution in [1.82, 2.24) is 9.78 Å². The molecule has 1 aromatic heterocycles. The molecule has 1 rings (SSSR count). The molecule has 0 aromatic carbocycles. The van der Waals surface area contributed by atoms with Gasteiger partial charge in [0.25, 0.3) is 0 Å². The largest absolute Gasteiger partial charge is 0.271 e. The van der Waals surface area contributed by atoms with Crippen LogP contribution in [0.2, 0.25) is 5.02 Å². The first-order valence-corrected chi connectivity index (χ1v) is 4.99. The first kappa shape index (κ1) is 9.07. The van der Waals surface area contributed by atoms with Gasteiger partial charge in [-0.25, -0.2) is 0 Å². The van der Waals surface area contributed by atoms with Crippen LogP contribution in [0.1, 0.15) is 12.1 Å². The molecule has 0 saturated carbocycles. The number of halogens is 2. The Morgan fingerprint density at radius 1 is 1.73 bits per heavy atom. The Morgan fingerprint density at radius 2 is 2.45 bits per heavy atom. The zero-order valence-electron chi connectivity index (χ0n) is 6.35. The van der Waals surface area contributed by atoms with Crippen molar-refractivity contribution in [1.29, 1.82) is 0 Å². The molecule has 0 radical (unpaired) electrons. The lowest BCUT2D eigenvalue weighted by Crippen LogP contribution is -1.98. The van der Waals surface area contributed by atoms with Crippen molar-refractivity contribution >= 4 is 27.5 Å². The topological polar surface area (TPSA) is 17.8 Å². The van der Waals surface area contributed by atoms with Gasteiger partial charge in [0.2, 0.25) is 0 Å². The fraction of sp³-hybridized carbons (Fsp3) is 0.571. The highest BCUT2D eigenvalue weighted by molar-refractivity contribution is 9.09. The third-order valence-electron chi connectivity index (χ3n) is 1.41. The van der Waals surface area contributed by atoms with Gasteiger partial charge < -0.3 is 0 Å². The standard InChI is InChI=1S/C7H10BrClN2/c1-6-7(9)5-11(10-6)4-2-3-8/h5H,2-4H2,1H3. The van der Waals surface area contributed by atoms with Crippen LogP contribution in [-0.4, -0.2) is 15.1 Å². The van der Waals surface area contributed by atoms with E-state index in [-0.39, 0.29) is 0 Å². The second-order valence-corrected chi connectivity index (χ2v) is 3.57. The second kappa shape index (κ2) is 4.12. The first-order valence-electron chi connectivity index (χ1n) is 3.49. The second-order valence-electron chi connectivity index (χ2n) is 2.37. The minimum absolute atomic E-state index is 0.750. The van der Waals surface area contributed by atoms with E-state index >= 15 is 0 Å². The highest BCUT2D eigenvalue weighted by atomic mass is 79.9. The molecule has 0 N–H and O–H groups in total. The van der Waals surface area contributed by atoms with Crippen LogP contribution in [-0.2, 0) is 6.54 Å². The predicted octanol–water partition coefficient (Wildman–Crippen LogP) is 2.63. The van der Waals surface area contributed by atoms with Gasteiger partial charge >= 0.3 is 0 Å². The molecule has 1 heterocycles. The molecule has 0 aliphatic heterocycles. The number of hydrogen-bond donors (Lipinski definition) is 0. The molecule has 0 amide bonds. The molecule has 0 atom stereocenters. The quantitative estimate of drug-likeness (QED) is 0.739. The van der Waals surface area contributed by atoms with Crippen LogP contribution in [0.25, 0.3) is 0 Å². The lowest BCUT2D eigenvalue weighted by molar-refractivity contribution is 0.603. The average molecular weight is 238 g/mol. The van der Waals surface area contributed by atoms with Crippen LogP contribution in [0.4, 0.5) is 0 Å². The zero-order chi connectivity index (χ0) is 8.27. The monoisotopic (exact) mass is 236 g/mol. The van der Waals surface area contributed by atoms with E-state index in [1.807, 2.05) is 17.8 Å². The van der Waals surface area contributed by atoms with E-state index in [1.165, 1.54) is 0 Å². The third-order valence-corrected chi connectivity index (χ3v) is 2.34. The van der Waals surface area contributed by atoms with Crippen molar-refractivity contribution < 1.29 is 0 Å². The van der Waals surface area contributed by atoms with E-state index in [9.17, 15) is 0 Å². The Bertz CT molecular complexity index is 215.